The van der Waals surface area contributed by atoms with E-state index >= 15 is 0 Å². The van der Waals surface area contributed by atoms with Crippen LogP contribution in [-0.2, 0) is 0 Å². The van der Waals surface area contributed by atoms with E-state index in [0.717, 1.165) is 35.8 Å². The number of aryl methyl sites for hydroxylation is 2. The average molecular weight is 239 g/mol. The van der Waals surface area contributed by atoms with Crippen molar-refractivity contribution in [2.45, 2.75) is 32.7 Å². The number of carbonyl (C=O) groups excluding carboxylic acids is 1. The molecule has 1 saturated heterocycles. The summed E-state index contributed by atoms with van der Waals surface area (Å²) in [7, 11) is 0. The lowest BCUT2D eigenvalue weighted by Crippen LogP contribution is -2.43. The van der Waals surface area contributed by atoms with Crippen molar-refractivity contribution in [3.63, 3.8) is 0 Å². The molecule has 1 aliphatic heterocycles. The van der Waals surface area contributed by atoms with Gasteiger partial charge >= 0.3 is 0 Å². The molecule has 0 aliphatic carbocycles. The molecule has 0 atom stereocenters. The fraction of sp³-hybridized carbons (Fsp3) is 0.636. The van der Waals surface area contributed by atoms with Gasteiger partial charge in [-0.25, -0.2) is 4.98 Å². The van der Waals surface area contributed by atoms with Gasteiger partial charge in [-0.1, -0.05) is 0 Å². The maximum absolute atomic E-state index is 12.2. The Kier molecular flexibility index (Phi) is 3.25. The van der Waals surface area contributed by atoms with Crippen molar-refractivity contribution in [3.05, 3.63) is 15.6 Å². The van der Waals surface area contributed by atoms with Crippen molar-refractivity contribution in [2.24, 2.45) is 5.73 Å². The van der Waals surface area contributed by atoms with Gasteiger partial charge in [-0.05, 0) is 26.7 Å². The van der Waals surface area contributed by atoms with Crippen LogP contribution in [0, 0.1) is 13.8 Å². The van der Waals surface area contributed by atoms with Crippen molar-refractivity contribution in [3.8, 4) is 0 Å². The molecule has 0 unspecified atom stereocenters. The largest absolute Gasteiger partial charge is 0.337 e. The van der Waals surface area contributed by atoms with Crippen molar-refractivity contribution in [1.29, 1.82) is 0 Å². The molecule has 0 radical (unpaired) electrons. The first-order valence-corrected chi connectivity index (χ1v) is 6.38. The molecule has 1 aliphatic rings. The number of likely N-dealkylation sites (tertiary alicyclic amines) is 1. The summed E-state index contributed by atoms with van der Waals surface area (Å²) in [6.07, 6.45) is 1.79. The molecule has 88 valence electrons. The number of nitrogens with two attached hydrogens (primary N) is 1. The maximum Gasteiger partial charge on any atom is 0.273 e. The van der Waals surface area contributed by atoms with E-state index in [4.69, 9.17) is 5.73 Å². The molecule has 0 bridgehead atoms. The number of piperidine rings is 1. The molecule has 2 rings (SSSR count). The Bertz CT molecular complexity index is 394. The molecule has 2 N–H and O–H groups in total. The third-order valence-corrected chi connectivity index (χ3v) is 3.82. The summed E-state index contributed by atoms with van der Waals surface area (Å²) in [6, 6.07) is 0.252. The van der Waals surface area contributed by atoms with Gasteiger partial charge in [-0.3, -0.25) is 4.79 Å². The minimum atomic E-state index is 0.0637. The summed E-state index contributed by atoms with van der Waals surface area (Å²) in [5.41, 5.74) is 6.44. The molecule has 4 nitrogen and oxygen atoms in total. The van der Waals surface area contributed by atoms with Crippen LogP contribution in [0.2, 0.25) is 0 Å². The van der Waals surface area contributed by atoms with Crippen molar-refractivity contribution >= 4 is 17.2 Å². The van der Waals surface area contributed by atoms with Gasteiger partial charge in [0.15, 0.2) is 0 Å². The first-order chi connectivity index (χ1) is 7.58. The molecule has 1 amide bonds. The molecule has 5 heteroatoms. The van der Waals surface area contributed by atoms with Crippen molar-refractivity contribution in [1.82, 2.24) is 9.88 Å². The van der Waals surface area contributed by atoms with Gasteiger partial charge in [0, 0.05) is 24.0 Å². The third-order valence-electron chi connectivity index (χ3n) is 2.93. The first-order valence-electron chi connectivity index (χ1n) is 5.57. The molecule has 16 heavy (non-hydrogen) atoms. The highest BCUT2D eigenvalue weighted by Crippen LogP contribution is 2.19. The fourth-order valence-electron chi connectivity index (χ4n) is 1.98. The number of nitrogens with zero attached hydrogens (tertiary/aromatic N) is 2. The predicted molar refractivity (Wildman–Crippen MR) is 64.7 cm³/mol. The second-order valence-corrected chi connectivity index (χ2v) is 5.67. The summed E-state index contributed by atoms with van der Waals surface area (Å²) in [5, 5.41) is 0.953. The number of rotatable bonds is 1. The van der Waals surface area contributed by atoms with Crippen LogP contribution in [0.15, 0.2) is 0 Å². The van der Waals surface area contributed by atoms with E-state index in [1.54, 1.807) is 11.3 Å². The number of carbonyl (C=O) groups is 1. The topological polar surface area (TPSA) is 59.2 Å². The van der Waals surface area contributed by atoms with Gasteiger partial charge < -0.3 is 10.6 Å². The van der Waals surface area contributed by atoms with E-state index in [-0.39, 0.29) is 11.9 Å². The number of hydrogen-bond donors (Lipinski definition) is 1. The van der Waals surface area contributed by atoms with Gasteiger partial charge in [-0.15, -0.1) is 11.3 Å². The smallest absolute Gasteiger partial charge is 0.273 e. The van der Waals surface area contributed by atoms with Crippen LogP contribution in [0.5, 0.6) is 0 Å². The van der Waals surface area contributed by atoms with Crippen LogP contribution in [0.25, 0.3) is 0 Å². The van der Waals surface area contributed by atoms with Gasteiger partial charge in [0.1, 0.15) is 5.69 Å². The van der Waals surface area contributed by atoms with Gasteiger partial charge in [0.2, 0.25) is 0 Å². The van der Waals surface area contributed by atoms with Gasteiger partial charge in [0.25, 0.3) is 5.91 Å². The van der Waals surface area contributed by atoms with Crippen LogP contribution in [-0.4, -0.2) is 34.9 Å². The summed E-state index contributed by atoms with van der Waals surface area (Å²) in [6.45, 7) is 5.40. The average Bonchev–Trinajstić information content (AvgIpc) is 2.58. The molecule has 1 aromatic heterocycles. The number of hydrogen-bond acceptors (Lipinski definition) is 4. The summed E-state index contributed by atoms with van der Waals surface area (Å²) in [4.78, 5) is 19.3. The molecule has 0 spiro atoms. The lowest BCUT2D eigenvalue weighted by Gasteiger charge is -2.29. The number of amides is 1. The van der Waals surface area contributed by atoms with Crippen LogP contribution < -0.4 is 5.73 Å². The minimum Gasteiger partial charge on any atom is -0.337 e. The molecule has 0 saturated carbocycles. The highest BCUT2D eigenvalue weighted by Gasteiger charge is 2.24. The fourth-order valence-corrected chi connectivity index (χ4v) is 2.79. The van der Waals surface area contributed by atoms with Crippen LogP contribution in [0.3, 0.4) is 0 Å². The van der Waals surface area contributed by atoms with E-state index < -0.39 is 0 Å². The van der Waals surface area contributed by atoms with E-state index in [9.17, 15) is 4.79 Å². The molecular formula is C11H17N3OS. The van der Waals surface area contributed by atoms with E-state index in [2.05, 4.69) is 4.98 Å². The molecule has 0 aromatic carbocycles. The minimum absolute atomic E-state index is 0.0637. The highest BCUT2D eigenvalue weighted by molar-refractivity contribution is 7.11. The zero-order valence-corrected chi connectivity index (χ0v) is 10.5. The Morgan fingerprint density at radius 1 is 1.44 bits per heavy atom. The Morgan fingerprint density at radius 2 is 2.06 bits per heavy atom. The standard InChI is InChI=1S/C11H17N3OS/c1-7-10(13-8(2)16-7)11(15)14-5-3-9(12)4-6-14/h9H,3-6,12H2,1-2H3. The second kappa shape index (κ2) is 4.51. The van der Waals surface area contributed by atoms with Crippen molar-refractivity contribution in [2.75, 3.05) is 13.1 Å². The van der Waals surface area contributed by atoms with Crippen molar-refractivity contribution < 1.29 is 4.79 Å². The first kappa shape index (κ1) is 11.5. The zero-order chi connectivity index (χ0) is 11.7. The second-order valence-electron chi connectivity index (χ2n) is 4.27. The Labute approximate surface area is 99.5 Å². The van der Waals surface area contributed by atoms with Crippen LogP contribution in [0.1, 0.15) is 33.2 Å². The Morgan fingerprint density at radius 3 is 2.56 bits per heavy atom. The normalized spacial score (nSPS) is 17.8. The molecular weight excluding hydrogens is 222 g/mol. The van der Waals surface area contributed by atoms with Gasteiger partial charge in [0.05, 0.1) is 5.01 Å². The molecule has 1 fully saturated rings. The molecule has 2 heterocycles. The quantitative estimate of drug-likeness (QED) is 0.804. The zero-order valence-electron chi connectivity index (χ0n) is 9.69. The summed E-state index contributed by atoms with van der Waals surface area (Å²) >= 11 is 1.58. The Hall–Kier alpha value is -0.940. The van der Waals surface area contributed by atoms with Crippen LogP contribution in [0.4, 0.5) is 0 Å². The van der Waals surface area contributed by atoms with Crippen LogP contribution >= 0.6 is 11.3 Å². The molecule has 1 aromatic rings. The van der Waals surface area contributed by atoms with E-state index in [1.807, 2.05) is 18.7 Å². The summed E-state index contributed by atoms with van der Waals surface area (Å²) < 4.78 is 0. The lowest BCUT2D eigenvalue weighted by atomic mass is 10.1. The maximum atomic E-state index is 12.2. The number of thiazole rings is 1. The SMILES string of the molecule is Cc1nc(C(=O)N2CCC(N)CC2)c(C)s1. The predicted octanol–water partition coefficient (Wildman–Crippen LogP) is 1.32. The highest BCUT2D eigenvalue weighted by atomic mass is 32.1. The monoisotopic (exact) mass is 239 g/mol. The number of aromatic nitrogens is 1. The van der Waals surface area contributed by atoms with Gasteiger partial charge in [-0.2, -0.15) is 0 Å². The third kappa shape index (κ3) is 2.25. The lowest BCUT2D eigenvalue weighted by molar-refractivity contribution is 0.0708. The van der Waals surface area contributed by atoms with E-state index in [0.29, 0.717) is 5.69 Å². The Balaban J connectivity index is 2.10. The summed E-state index contributed by atoms with van der Waals surface area (Å²) in [5.74, 6) is 0.0637. The van der Waals surface area contributed by atoms with E-state index in [1.165, 1.54) is 0 Å².